The zero-order chi connectivity index (χ0) is 11.8. The summed E-state index contributed by atoms with van der Waals surface area (Å²) in [5.74, 6) is 0.194. The molecule has 1 N–H and O–H groups in total. The first kappa shape index (κ1) is 11.2. The Kier molecular flexibility index (Phi) is 2.75. The third-order valence-corrected chi connectivity index (χ3v) is 2.44. The third-order valence-electron chi connectivity index (χ3n) is 2.03. The van der Waals surface area contributed by atoms with Crippen LogP contribution in [0.5, 0.6) is 0 Å². The number of hydrogen-bond donors (Lipinski definition) is 1. The molecule has 2 nitrogen and oxygen atoms in total. The van der Waals surface area contributed by atoms with Crippen LogP contribution in [-0.2, 0) is 6.18 Å². The molecule has 0 bridgehead atoms. The summed E-state index contributed by atoms with van der Waals surface area (Å²) in [6.07, 6.45) is -2.96. The number of nitrogens with one attached hydrogen (secondary N) is 1. The number of imidazole rings is 1. The first-order chi connectivity index (χ1) is 7.48. The molecule has 0 radical (unpaired) electrons. The minimum atomic E-state index is -4.38. The molecule has 2 aromatic rings. The largest absolute Gasteiger partial charge is 0.417 e. The molecular formula is C10H6BrF3N2. The van der Waals surface area contributed by atoms with Crippen molar-refractivity contribution >= 4 is 15.9 Å². The summed E-state index contributed by atoms with van der Waals surface area (Å²) in [6, 6.07) is 5.31. The van der Waals surface area contributed by atoms with E-state index < -0.39 is 11.7 Å². The van der Waals surface area contributed by atoms with Crippen LogP contribution in [0.1, 0.15) is 5.56 Å². The van der Waals surface area contributed by atoms with Gasteiger partial charge in [-0.05, 0) is 22.0 Å². The van der Waals surface area contributed by atoms with E-state index in [2.05, 4.69) is 25.9 Å². The lowest BCUT2D eigenvalue weighted by Crippen LogP contribution is -2.07. The Morgan fingerprint density at radius 3 is 2.44 bits per heavy atom. The first-order valence-electron chi connectivity index (χ1n) is 4.35. The summed E-state index contributed by atoms with van der Waals surface area (Å²) >= 11 is 3.11. The van der Waals surface area contributed by atoms with E-state index in [-0.39, 0.29) is 11.4 Å². The number of aromatic amines is 1. The van der Waals surface area contributed by atoms with E-state index in [1.807, 2.05) is 0 Å². The Bertz CT molecular complexity index is 505. The molecule has 0 saturated heterocycles. The van der Waals surface area contributed by atoms with Crippen LogP contribution in [0.3, 0.4) is 0 Å². The lowest BCUT2D eigenvalue weighted by molar-refractivity contribution is -0.137. The number of nitrogens with zero attached hydrogens (tertiary/aromatic N) is 1. The van der Waals surface area contributed by atoms with Gasteiger partial charge in [0.2, 0.25) is 0 Å². The van der Waals surface area contributed by atoms with Crippen molar-refractivity contribution in [2.45, 2.75) is 6.18 Å². The van der Waals surface area contributed by atoms with Crippen molar-refractivity contribution in [2.24, 2.45) is 0 Å². The molecule has 0 amide bonds. The van der Waals surface area contributed by atoms with Crippen LogP contribution in [0, 0.1) is 0 Å². The fourth-order valence-corrected chi connectivity index (χ4v) is 1.66. The van der Waals surface area contributed by atoms with E-state index in [0.29, 0.717) is 4.60 Å². The Morgan fingerprint density at radius 2 is 1.88 bits per heavy atom. The van der Waals surface area contributed by atoms with E-state index in [1.54, 1.807) is 6.07 Å². The molecule has 0 atom stereocenters. The van der Waals surface area contributed by atoms with Crippen molar-refractivity contribution in [1.29, 1.82) is 0 Å². The minimum Gasteiger partial charge on any atom is -0.333 e. The monoisotopic (exact) mass is 290 g/mol. The zero-order valence-corrected chi connectivity index (χ0v) is 9.43. The van der Waals surface area contributed by atoms with Gasteiger partial charge < -0.3 is 4.98 Å². The first-order valence-corrected chi connectivity index (χ1v) is 5.15. The van der Waals surface area contributed by atoms with Crippen molar-refractivity contribution in [3.8, 4) is 11.4 Å². The maximum Gasteiger partial charge on any atom is 0.417 e. The summed E-state index contributed by atoms with van der Waals surface area (Å²) in [7, 11) is 0. The van der Waals surface area contributed by atoms with E-state index in [0.717, 1.165) is 6.07 Å². The third kappa shape index (κ3) is 2.11. The van der Waals surface area contributed by atoms with Crippen LogP contribution in [-0.4, -0.2) is 9.97 Å². The van der Waals surface area contributed by atoms with Gasteiger partial charge in [-0.3, -0.25) is 0 Å². The number of H-pyrrole nitrogens is 1. The predicted octanol–water partition coefficient (Wildman–Crippen LogP) is 3.86. The maximum atomic E-state index is 12.7. The van der Waals surface area contributed by atoms with Crippen LogP contribution in [0.2, 0.25) is 0 Å². The number of rotatable bonds is 1. The van der Waals surface area contributed by atoms with E-state index in [9.17, 15) is 13.2 Å². The van der Waals surface area contributed by atoms with Gasteiger partial charge in [-0.15, -0.1) is 0 Å². The summed E-state index contributed by atoms with van der Waals surface area (Å²) in [6.45, 7) is 0. The molecule has 1 aromatic carbocycles. The van der Waals surface area contributed by atoms with E-state index in [4.69, 9.17) is 0 Å². The summed E-state index contributed by atoms with van der Waals surface area (Å²) in [5.41, 5.74) is -0.655. The molecule has 0 aliphatic heterocycles. The average molecular weight is 291 g/mol. The van der Waals surface area contributed by atoms with Gasteiger partial charge in [-0.25, -0.2) is 4.98 Å². The van der Waals surface area contributed by atoms with E-state index in [1.165, 1.54) is 18.3 Å². The molecule has 6 heteroatoms. The van der Waals surface area contributed by atoms with Gasteiger partial charge in [-0.2, -0.15) is 13.2 Å². The lowest BCUT2D eigenvalue weighted by atomic mass is 10.1. The standard InChI is InChI=1S/C10H6BrF3N2/c11-8-5-15-9(16-8)6-3-1-2-4-7(6)10(12,13)14/h1-5H,(H,15,16). The lowest BCUT2D eigenvalue weighted by Gasteiger charge is -2.10. The van der Waals surface area contributed by atoms with Crippen molar-refractivity contribution in [3.05, 3.63) is 40.6 Å². The molecule has 84 valence electrons. The van der Waals surface area contributed by atoms with E-state index >= 15 is 0 Å². The Morgan fingerprint density at radius 1 is 1.19 bits per heavy atom. The summed E-state index contributed by atoms with van der Waals surface area (Å²) in [5, 5.41) is 0. The fraction of sp³-hybridized carbons (Fsp3) is 0.100. The van der Waals surface area contributed by atoms with Crippen molar-refractivity contribution in [1.82, 2.24) is 9.97 Å². The number of benzene rings is 1. The van der Waals surface area contributed by atoms with Gasteiger partial charge in [0.1, 0.15) is 10.4 Å². The predicted molar refractivity (Wildman–Crippen MR) is 56.7 cm³/mol. The van der Waals surface area contributed by atoms with Gasteiger partial charge in [0, 0.05) is 5.56 Å². The topological polar surface area (TPSA) is 28.7 Å². The van der Waals surface area contributed by atoms with Crippen LogP contribution in [0.4, 0.5) is 13.2 Å². The number of halogens is 4. The Labute approximate surface area is 97.6 Å². The van der Waals surface area contributed by atoms with Gasteiger partial charge in [0.25, 0.3) is 0 Å². The molecule has 2 rings (SSSR count). The minimum absolute atomic E-state index is 0.0423. The normalized spacial score (nSPS) is 11.8. The highest BCUT2D eigenvalue weighted by Crippen LogP contribution is 2.35. The summed E-state index contributed by atoms with van der Waals surface area (Å²) < 4.78 is 38.6. The molecule has 0 aliphatic carbocycles. The Hall–Kier alpha value is -1.30. The molecule has 1 aromatic heterocycles. The molecule has 0 aliphatic rings. The second-order valence-corrected chi connectivity index (χ2v) is 3.98. The highest BCUT2D eigenvalue weighted by molar-refractivity contribution is 9.10. The molecule has 0 spiro atoms. The van der Waals surface area contributed by atoms with Crippen molar-refractivity contribution < 1.29 is 13.2 Å². The highest BCUT2D eigenvalue weighted by atomic mass is 79.9. The molecular weight excluding hydrogens is 285 g/mol. The van der Waals surface area contributed by atoms with Gasteiger partial charge in [-0.1, -0.05) is 18.2 Å². The SMILES string of the molecule is FC(F)(F)c1ccccc1-c1ncc(Br)[nH]1. The number of hydrogen-bond acceptors (Lipinski definition) is 1. The van der Waals surface area contributed by atoms with Gasteiger partial charge in [0.15, 0.2) is 0 Å². The average Bonchev–Trinajstić information content (AvgIpc) is 2.64. The van der Waals surface area contributed by atoms with Crippen molar-refractivity contribution in [3.63, 3.8) is 0 Å². The molecule has 16 heavy (non-hydrogen) atoms. The van der Waals surface area contributed by atoms with Crippen molar-refractivity contribution in [2.75, 3.05) is 0 Å². The number of alkyl halides is 3. The van der Waals surface area contributed by atoms with Crippen LogP contribution >= 0.6 is 15.9 Å². The highest BCUT2D eigenvalue weighted by Gasteiger charge is 2.33. The Balaban J connectivity index is 2.57. The molecule has 1 heterocycles. The smallest absolute Gasteiger partial charge is 0.333 e. The van der Waals surface area contributed by atoms with Crippen LogP contribution in [0.15, 0.2) is 35.1 Å². The number of aromatic nitrogens is 2. The fourth-order valence-electron chi connectivity index (χ4n) is 1.37. The quantitative estimate of drug-likeness (QED) is 0.849. The van der Waals surface area contributed by atoms with Gasteiger partial charge in [0.05, 0.1) is 11.8 Å². The zero-order valence-electron chi connectivity index (χ0n) is 7.85. The van der Waals surface area contributed by atoms with Crippen LogP contribution in [0.25, 0.3) is 11.4 Å². The second-order valence-electron chi connectivity index (χ2n) is 3.12. The molecule has 0 saturated carbocycles. The summed E-state index contributed by atoms with van der Waals surface area (Å²) in [4.78, 5) is 6.57. The van der Waals surface area contributed by atoms with Crippen LogP contribution < -0.4 is 0 Å². The maximum absolute atomic E-state index is 12.7. The second kappa shape index (κ2) is 3.93. The van der Waals surface area contributed by atoms with Gasteiger partial charge >= 0.3 is 6.18 Å². The molecule has 0 fully saturated rings. The molecule has 0 unspecified atom stereocenters.